The van der Waals surface area contributed by atoms with Gasteiger partial charge in [-0.15, -0.1) is 0 Å². The summed E-state index contributed by atoms with van der Waals surface area (Å²) < 4.78 is 22.1. The maximum absolute atomic E-state index is 12.8. The van der Waals surface area contributed by atoms with Gasteiger partial charge in [0.15, 0.2) is 0 Å². The molecule has 0 aromatic carbocycles. The molecule has 0 aliphatic carbocycles. The van der Waals surface area contributed by atoms with E-state index in [-0.39, 0.29) is 26.2 Å². The van der Waals surface area contributed by atoms with Crippen molar-refractivity contribution in [3.05, 3.63) is 12.2 Å². The highest BCUT2D eigenvalue weighted by Gasteiger charge is 2.28. The molecule has 0 radical (unpaired) electrons. The minimum Gasteiger partial charge on any atom is -0.393 e. The van der Waals surface area contributed by atoms with Gasteiger partial charge in [-0.2, -0.15) is 0 Å². The molecule has 0 rings (SSSR count). The summed E-state index contributed by atoms with van der Waals surface area (Å²) in [6, 6.07) is -0.896. The van der Waals surface area contributed by atoms with E-state index in [1.54, 1.807) is 0 Å². The third-order valence-corrected chi connectivity index (χ3v) is 11.2. The molecule has 0 saturated carbocycles. The molecule has 1 amide bonds. The number of rotatable bonds is 42. The number of nitrogens with one attached hydrogen (secondary N) is 1. The number of aliphatic hydroxyl groups excluding tert-OH is 2. The fourth-order valence-corrected chi connectivity index (χ4v) is 7.52. The number of unbranched alkanes of at least 4 members (excludes halogenated alkanes) is 26. The molecule has 0 aliphatic heterocycles. The Balaban J connectivity index is 4.26. The molecule has 0 spiro atoms. The molecule has 0 fully saturated rings. The first-order valence-corrected chi connectivity index (χ1v) is 23.9. The zero-order chi connectivity index (χ0) is 39.1. The maximum atomic E-state index is 12.8. The van der Waals surface area contributed by atoms with Crippen molar-refractivity contribution in [3.63, 3.8) is 0 Å². The number of hydrogen-bond donors (Lipinski definition) is 5. The summed E-state index contributed by atoms with van der Waals surface area (Å²) in [6.07, 6.45) is 39.6. The topological polar surface area (TPSA) is 151 Å². The van der Waals surface area contributed by atoms with E-state index in [0.29, 0.717) is 12.8 Å². The van der Waals surface area contributed by atoms with Crippen LogP contribution in [0.1, 0.15) is 219 Å². The van der Waals surface area contributed by atoms with Crippen LogP contribution in [0.4, 0.5) is 0 Å². The minimum absolute atomic E-state index is 0.0601. The fraction of sp³-hybridized carbons (Fsp3) is 0.930. The zero-order valence-electron chi connectivity index (χ0n) is 34.6. The zero-order valence-corrected chi connectivity index (χ0v) is 35.5. The smallest absolute Gasteiger partial charge is 0.393 e. The molecule has 9 nitrogen and oxygen atoms in total. The predicted molar refractivity (Wildman–Crippen MR) is 223 cm³/mol. The maximum Gasteiger partial charge on any atom is 0.472 e. The molecule has 0 bridgehead atoms. The van der Waals surface area contributed by atoms with Crippen molar-refractivity contribution in [2.24, 2.45) is 5.73 Å². The lowest BCUT2D eigenvalue weighted by molar-refractivity contribution is -0.125. The van der Waals surface area contributed by atoms with Crippen LogP contribution in [0.2, 0.25) is 0 Å². The van der Waals surface area contributed by atoms with Gasteiger partial charge in [-0.05, 0) is 38.5 Å². The van der Waals surface area contributed by atoms with Gasteiger partial charge in [-0.25, -0.2) is 4.57 Å². The van der Waals surface area contributed by atoms with Crippen molar-refractivity contribution in [2.45, 2.75) is 238 Å². The first-order valence-electron chi connectivity index (χ1n) is 22.4. The first kappa shape index (κ1) is 52.2. The van der Waals surface area contributed by atoms with Gasteiger partial charge in [0.25, 0.3) is 0 Å². The van der Waals surface area contributed by atoms with Crippen LogP contribution < -0.4 is 11.1 Å². The van der Waals surface area contributed by atoms with E-state index in [9.17, 15) is 24.5 Å². The van der Waals surface area contributed by atoms with Gasteiger partial charge in [0.05, 0.1) is 37.9 Å². The molecular formula is C43H87N2O7P. The van der Waals surface area contributed by atoms with Crippen molar-refractivity contribution < 1.29 is 33.5 Å². The number of aliphatic hydroxyl groups is 2. The largest absolute Gasteiger partial charge is 0.472 e. The Labute approximate surface area is 327 Å². The Morgan fingerprint density at radius 1 is 0.623 bits per heavy atom. The van der Waals surface area contributed by atoms with Crippen LogP contribution in [-0.4, -0.2) is 59.0 Å². The Bertz CT molecular complexity index is 862. The van der Waals surface area contributed by atoms with Crippen LogP contribution in [0.5, 0.6) is 0 Å². The second-order valence-electron chi connectivity index (χ2n) is 15.5. The van der Waals surface area contributed by atoms with Gasteiger partial charge in [0.1, 0.15) is 0 Å². The summed E-state index contributed by atoms with van der Waals surface area (Å²) in [7, 11) is -4.37. The molecular weight excluding hydrogens is 687 g/mol. The number of allylic oxidation sites excluding steroid dienone is 2. The lowest BCUT2D eigenvalue weighted by Gasteiger charge is -2.25. The predicted octanol–water partition coefficient (Wildman–Crippen LogP) is 11.4. The normalized spacial score (nSPS) is 14.8. The average molecular weight is 775 g/mol. The van der Waals surface area contributed by atoms with Gasteiger partial charge >= 0.3 is 7.82 Å². The van der Waals surface area contributed by atoms with Crippen molar-refractivity contribution in [1.82, 2.24) is 5.32 Å². The van der Waals surface area contributed by atoms with E-state index in [4.69, 9.17) is 14.8 Å². The van der Waals surface area contributed by atoms with Gasteiger partial charge in [0.2, 0.25) is 5.91 Å². The molecule has 0 aromatic rings. The Morgan fingerprint density at radius 2 is 1.02 bits per heavy atom. The number of phosphoric ester groups is 1. The van der Waals surface area contributed by atoms with Crippen LogP contribution in [0, 0.1) is 0 Å². The number of hydrogen-bond acceptors (Lipinski definition) is 7. The molecule has 0 heterocycles. The van der Waals surface area contributed by atoms with Gasteiger partial charge < -0.3 is 26.2 Å². The third-order valence-electron chi connectivity index (χ3n) is 10.2. The highest BCUT2D eigenvalue weighted by molar-refractivity contribution is 7.47. The second-order valence-corrected chi connectivity index (χ2v) is 16.9. The lowest BCUT2D eigenvalue weighted by atomic mass is 10.0. The molecule has 0 aromatic heterocycles. The van der Waals surface area contributed by atoms with Crippen LogP contribution in [0.3, 0.4) is 0 Å². The van der Waals surface area contributed by atoms with Crippen molar-refractivity contribution in [2.75, 3.05) is 19.8 Å². The summed E-state index contributed by atoms with van der Waals surface area (Å²) in [5.74, 6) is -0.416. The Morgan fingerprint density at radius 3 is 1.45 bits per heavy atom. The number of carbonyl (C=O) groups is 1. The molecule has 53 heavy (non-hydrogen) atoms. The van der Waals surface area contributed by atoms with Gasteiger partial charge in [-0.1, -0.05) is 187 Å². The summed E-state index contributed by atoms with van der Waals surface area (Å²) in [6.45, 7) is 4.05. The van der Waals surface area contributed by atoms with Crippen LogP contribution in [0.15, 0.2) is 12.2 Å². The van der Waals surface area contributed by atoms with E-state index in [1.165, 1.54) is 141 Å². The van der Waals surface area contributed by atoms with E-state index >= 15 is 0 Å². The molecule has 0 aliphatic rings. The lowest BCUT2D eigenvalue weighted by Crippen LogP contribution is -2.47. The van der Waals surface area contributed by atoms with E-state index in [1.807, 2.05) is 0 Å². The summed E-state index contributed by atoms with van der Waals surface area (Å²) in [5, 5.41) is 24.2. The number of phosphoric acid groups is 1. The second kappa shape index (κ2) is 39.4. The molecule has 4 unspecified atom stereocenters. The standard InChI is InChI=1S/C43H87N2O7P/c1-3-5-7-9-11-13-15-17-19-21-23-25-27-29-31-33-35-42(47)41(39-52-53(49,50)51-37-36-44)45-43(48)38-40(46)34-32-30-28-26-24-22-20-18-16-14-12-10-8-6-4-2/h18,20,40-42,46-47H,3-17,19,21-39,44H2,1-2H3,(H,45,48)(H,49,50)/b20-18-. The third kappa shape index (κ3) is 37.9. The highest BCUT2D eigenvalue weighted by Crippen LogP contribution is 2.43. The molecule has 0 saturated heterocycles. The van der Waals surface area contributed by atoms with Gasteiger partial charge in [-0.3, -0.25) is 13.8 Å². The Hall–Kier alpha value is -0.800. The van der Waals surface area contributed by atoms with Crippen molar-refractivity contribution in [1.29, 1.82) is 0 Å². The van der Waals surface area contributed by atoms with Crippen LogP contribution >= 0.6 is 7.82 Å². The number of nitrogens with two attached hydrogens (primary N) is 1. The van der Waals surface area contributed by atoms with Crippen LogP contribution in [-0.2, 0) is 18.4 Å². The van der Waals surface area contributed by atoms with E-state index < -0.39 is 32.0 Å². The van der Waals surface area contributed by atoms with E-state index in [0.717, 1.165) is 44.9 Å². The molecule has 316 valence electrons. The minimum atomic E-state index is -4.37. The monoisotopic (exact) mass is 775 g/mol. The number of amides is 1. The van der Waals surface area contributed by atoms with Crippen molar-refractivity contribution >= 4 is 13.7 Å². The summed E-state index contributed by atoms with van der Waals surface area (Å²) in [5.41, 5.74) is 5.37. The average Bonchev–Trinajstić information content (AvgIpc) is 3.13. The molecule has 10 heteroatoms. The van der Waals surface area contributed by atoms with Crippen LogP contribution in [0.25, 0.3) is 0 Å². The molecule has 4 atom stereocenters. The number of carbonyl (C=O) groups excluding carboxylic acids is 1. The molecule has 6 N–H and O–H groups in total. The summed E-state index contributed by atoms with van der Waals surface area (Å²) in [4.78, 5) is 22.8. The SMILES string of the molecule is CCCCCCCC/C=C\CCCCCCCC(O)CC(=O)NC(COP(=O)(O)OCCN)C(O)CCCCCCCCCCCCCCCCCC. The Kier molecular flexibility index (Phi) is 38.8. The quantitative estimate of drug-likeness (QED) is 0.0233. The first-order chi connectivity index (χ1) is 25.8. The highest BCUT2D eigenvalue weighted by atomic mass is 31.2. The fourth-order valence-electron chi connectivity index (χ4n) is 6.76. The summed E-state index contributed by atoms with van der Waals surface area (Å²) >= 11 is 0. The van der Waals surface area contributed by atoms with Gasteiger partial charge in [0, 0.05) is 6.54 Å². The van der Waals surface area contributed by atoms with Crippen molar-refractivity contribution in [3.8, 4) is 0 Å². The van der Waals surface area contributed by atoms with E-state index in [2.05, 4.69) is 31.3 Å².